The fourth-order valence-corrected chi connectivity index (χ4v) is 1.78. The van der Waals surface area contributed by atoms with Crippen LogP contribution in [-0.4, -0.2) is 44.0 Å². The monoisotopic (exact) mass is 488 g/mol. The number of alkyl halides is 3. The predicted octanol–water partition coefficient (Wildman–Crippen LogP) is 2.77. The van der Waals surface area contributed by atoms with E-state index in [-0.39, 0.29) is 54.5 Å². The van der Waals surface area contributed by atoms with Crippen LogP contribution < -0.4 is 10.6 Å². The predicted molar refractivity (Wildman–Crippen MR) is 103 cm³/mol. The van der Waals surface area contributed by atoms with Gasteiger partial charge in [0.15, 0.2) is 5.96 Å². The van der Waals surface area contributed by atoms with Crippen molar-refractivity contribution in [3.05, 3.63) is 47.8 Å². The highest BCUT2D eigenvalue weighted by Gasteiger charge is 2.33. The summed E-state index contributed by atoms with van der Waals surface area (Å²) in [5.74, 6) is -1.06. The van der Waals surface area contributed by atoms with E-state index in [2.05, 4.69) is 22.2 Å². The van der Waals surface area contributed by atoms with Crippen molar-refractivity contribution in [1.29, 1.82) is 0 Å². The molecule has 1 amide bonds. The van der Waals surface area contributed by atoms with E-state index >= 15 is 0 Å². The minimum absolute atomic E-state index is 0. The first kappa shape index (κ1) is 24.1. The second-order valence-electron chi connectivity index (χ2n) is 5.28. The molecule has 0 unspecified atom stereocenters. The van der Waals surface area contributed by atoms with Gasteiger partial charge in [0.25, 0.3) is 0 Å². The van der Waals surface area contributed by atoms with Crippen molar-refractivity contribution in [2.24, 2.45) is 4.99 Å². The molecule has 0 spiro atoms. The van der Waals surface area contributed by atoms with Gasteiger partial charge in [0.05, 0.1) is 18.7 Å². The standard InChI is InChI=1S/C16H20F4N4O.HI/c1-4-7-21-15(23-10-14(25)24(2)3)22-9-11-5-6-12(17)8-13(11)16(18,19)20;/h4-6,8H,1,7,9-10H2,2-3H3,(H2,21,22,23);1H. The van der Waals surface area contributed by atoms with Crippen molar-refractivity contribution >= 4 is 35.8 Å². The lowest BCUT2D eigenvalue weighted by atomic mass is 10.1. The Kier molecular flexibility index (Phi) is 10.2. The zero-order valence-electron chi connectivity index (χ0n) is 14.4. The first-order valence-electron chi connectivity index (χ1n) is 7.34. The quantitative estimate of drug-likeness (QED) is 0.213. The fourth-order valence-electron chi connectivity index (χ4n) is 1.78. The zero-order valence-corrected chi connectivity index (χ0v) is 16.7. The molecule has 1 aromatic carbocycles. The van der Waals surface area contributed by atoms with Gasteiger partial charge in [-0.1, -0.05) is 12.1 Å². The molecule has 0 bridgehead atoms. The Morgan fingerprint density at radius 3 is 2.50 bits per heavy atom. The molecule has 0 atom stereocenters. The number of carbonyl (C=O) groups excluding carboxylic acids is 1. The average molecular weight is 488 g/mol. The minimum atomic E-state index is -4.68. The molecule has 0 fully saturated rings. The van der Waals surface area contributed by atoms with Crippen LogP contribution in [0.3, 0.4) is 0 Å². The summed E-state index contributed by atoms with van der Waals surface area (Å²) in [6.07, 6.45) is -3.15. The molecule has 146 valence electrons. The molecule has 0 saturated heterocycles. The van der Waals surface area contributed by atoms with E-state index in [1.807, 2.05) is 0 Å². The second kappa shape index (κ2) is 11.0. The summed E-state index contributed by atoms with van der Waals surface area (Å²) in [5, 5.41) is 5.52. The Bertz CT molecular complexity index is 648. The van der Waals surface area contributed by atoms with Gasteiger partial charge in [0.2, 0.25) is 5.91 Å². The molecule has 2 N–H and O–H groups in total. The van der Waals surface area contributed by atoms with E-state index in [0.717, 1.165) is 12.1 Å². The Morgan fingerprint density at radius 1 is 1.31 bits per heavy atom. The third-order valence-electron chi connectivity index (χ3n) is 3.10. The Balaban J connectivity index is 0.00000625. The Hall–Kier alpha value is -1.85. The molecule has 0 heterocycles. The van der Waals surface area contributed by atoms with Gasteiger partial charge >= 0.3 is 6.18 Å². The number of guanidine groups is 1. The third-order valence-corrected chi connectivity index (χ3v) is 3.10. The Morgan fingerprint density at radius 2 is 1.96 bits per heavy atom. The van der Waals surface area contributed by atoms with Crippen LogP contribution in [-0.2, 0) is 17.5 Å². The lowest BCUT2D eigenvalue weighted by molar-refractivity contribution is -0.138. The van der Waals surface area contributed by atoms with Crippen molar-refractivity contribution < 1.29 is 22.4 Å². The van der Waals surface area contributed by atoms with Crippen molar-refractivity contribution in [2.75, 3.05) is 27.2 Å². The van der Waals surface area contributed by atoms with E-state index in [1.165, 1.54) is 11.0 Å². The van der Waals surface area contributed by atoms with E-state index in [4.69, 9.17) is 0 Å². The number of aliphatic imine (C=N–C) groups is 1. The molecular formula is C16H21F4IN4O. The number of likely N-dealkylation sites (N-methyl/N-ethyl adjacent to an activating group) is 1. The van der Waals surface area contributed by atoms with Gasteiger partial charge in [-0.15, -0.1) is 30.6 Å². The van der Waals surface area contributed by atoms with E-state index < -0.39 is 17.6 Å². The molecule has 0 saturated carbocycles. The molecule has 1 aromatic rings. The summed E-state index contributed by atoms with van der Waals surface area (Å²) in [6.45, 7) is 3.41. The number of amides is 1. The highest BCUT2D eigenvalue weighted by atomic mass is 127. The maximum Gasteiger partial charge on any atom is 0.416 e. The number of nitrogens with one attached hydrogen (secondary N) is 2. The van der Waals surface area contributed by atoms with E-state index in [1.54, 1.807) is 14.1 Å². The minimum Gasteiger partial charge on any atom is -0.353 e. The first-order valence-corrected chi connectivity index (χ1v) is 7.34. The lowest BCUT2D eigenvalue weighted by Crippen LogP contribution is -2.43. The molecule has 5 nitrogen and oxygen atoms in total. The summed E-state index contributed by atoms with van der Waals surface area (Å²) in [4.78, 5) is 17.0. The zero-order chi connectivity index (χ0) is 19.0. The van der Waals surface area contributed by atoms with Crippen LogP contribution in [0.25, 0.3) is 0 Å². The summed E-state index contributed by atoms with van der Waals surface area (Å²) in [5.41, 5.74) is -1.25. The van der Waals surface area contributed by atoms with Crippen LogP contribution in [0.5, 0.6) is 0 Å². The lowest BCUT2D eigenvalue weighted by Gasteiger charge is -2.15. The van der Waals surface area contributed by atoms with Crippen LogP contribution in [0.1, 0.15) is 11.1 Å². The Labute approximate surface area is 166 Å². The number of nitrogens with zero attached hydrogens (tertiary/aromatic N) is 2. The van der Waals surface area contributed by atoms with Gasteiger partial charge in [0.1, 0.15) is 5.82 Å². The highest BCUT2D eigenvalue weighted by molar-refractivity contribution is 14.0. The average Bonchev–Trinajstić information content (AvgIpc) is 2.53. The third kappa shape index (κ3) is 8.02. The van der Waals surface area contributed by atoms with Crippen molar-refractivity contribution in [1.82, 2.24) is 15.5 Å². The number of halogens is 5. The van der Waals surface area contributed by atoms with Gasteiger partial charge in [-0.05, 0) is 17.7 Å². The van der Waals surface area contributed by atoms with Gasteiger partial charge in [-0.3, -0.25) is 4.79 Å². The number of carbonyl (C=O) groups is 1. The smallest absolute Gasteiger partial charge is 0.353 e. The van der Waals surface area contributed by atoms with Gasteiger partial charge in [-0.25, -0.2) is 9.38 Å². The van der Waals surface area contributed by atoms with Gasteiger partial charge < -0.3 is 15.5 Å². The number of hydrogen-bond donors (Lipinski definition) is 2. The van der Waals surface area contributed by atoms with Crippen LogP contribution in [0, 0.1) is 5.82 Å². The maximum atomic E-state index is 13.1. The highest BCUT2D eigenvalue weighted by Crippen LogP contribution is 2.32. The van der Waals surface area contributed by atoms with Crippen LogP contribution in [0.4, 0.5) is 17.6 Å². The maximum absolute atomic E-state index is 13.1. The van der Waals surface area contributed by atoms with Crippen molar-refractivity contribution in [3.63, 3.8) is 0 Å². The summed E-state index contributed by atoms with van der Waals surface area (Å²) in [6, 6.07) is 2.42. The van der Waals surface area contributed by atoms with Crippen molar-refractivity contribution in [2.45, 2.75) is 12.7 Å². The largest absolute Gasteiger partial charge is 0.416 e. The summed E-state index contributed by atoms with van der Waals surface area (Å²) >= 11 is 0. The molecule has 0 aliphatic heterocycles. The first-order chi connectivity index (χ1) is 11.6. The molecule has 0 aliphatic rings. The van der Waals surface area contributed by atoms with Crippen LogP contribution in [0.2, 0.25) is 0 Å². The molecule has 0 aromatic heterocycles. The van der Waals surface area contributed by atoms with Crippen LogP contribution >= 0.6 is 24.0 Å². The molecule has 0 radical (unpaired) electrons. The number of hydrogen-bond acceptors (Lipinski definition) is 2. The van der Waals surface area contributed by atoms with Gasteiger partial charge in [-0.2, -0.15) is 13.2 Å². The summed E-state index contributed by atoms with van der Waals surface area (Å²) < 4.78 is 52.1. The molecule has 10 heteroatoms. The molecule has 26 heavy (non-hydrogen) atoms. The van der Waals surface area contributed by atoms with E-state index in [0.29, 0.717) is 12.6 Å². The fraction of sp³-hybridized carbons (Fsp3) is 0.375. The molecule has 1 rings (SSSR count). The molecular weight excluding hydrogens is 467 g/mol. The van der Waals surface area contributed by atoms with Crippen molar-refractivity contribution in [3.8, 4) is 0 Å². The second-order valence-corrected chi connectivity index (χ2v) is 5.28. The SMILES string of the molecule is C=CCNC(=NCc1ccc(F)cc1C(F)(F)F)NCC(=O)N(C)C.I. The van der Waals surface area contributed by atoms with E-state index in [9.17, 15) is 22.4 Å². The normalized spacial score (nSPS) is 11.4. The van der Waals surface area contributed by atoms with Crippen LogP contribution in [0.15, 0.2) is 35.8 Å². The number of benzene rings is 1. The number of rotatable bonds is 6. The molecule has 0 aliphatic carbocycles. The van der Waals surface area contributed by atoms with Gasteiger partial charge in [0, 0.05) is 20.6 Å². The summed E-state index contributed by atoms with van der Waals surface area (Å²) in [7, 11) is 3.15. The topological polar surface area (TPSA) is 56.7 Å².